The van der Waals surface area contributed by atoms with Gasteiger partial charge in [-0.2, -0.15) is 0 Å². The second-order valence-electron chi connectivity index (χ2n) is 6.60. The fraction of sp³-hybridized carbons (Fsp3) is 0.444. The molecule has 2 fully saturated rings. The third-order valence-electron chi connectivity index (χ3n) is 4.62. The van der Waals surface area contributed by atoms with E-state index >= 15 is 0 Å². The average Bonchev–Trinajstić information content (AvgIpc) is 3.13. The minimum Gasteiger partial charge on any atom is -0.370 e. The number of aryl methyl sites for hydroxylation is 1. The molecule has 0 bridgehead atoms. The maximum atomic E-state index is 11.7. The Labute approximate surface area is 147 Å². The Balaban J connectivity index is 1.80. The molecule has 2 aliphatic heterocycles. The Kier molecular flexibility index (Phi) is 4.96. The maximum absolute atomic E-state index is 11.7. The summed E-state index contributed by atoms with van der Waals surface area (Å²) < 4.78 is 0. The molecule has 2 aliphatic rings. The predicted molar refractivity (Wildman–Crippen MR) is 98.4 cm³/mol. The van der Waals surface area contributed by atoms with Crippen molar-refractivity contribution < 1.29 is 9.59 Å². The average molecular weight is 345 g/mol. The number of nitrogens with one attached hydrogen (secondary N) is 1. The van der Waals surface area contributed by atoms with Gasteiger partial charge in [-0.15, -0.1) is 0 Å². The maximum Gasteiger partial charge on any atom is 0.290 e. The molecule has 5 nitrogen and oxygen atoms in total. The largest absolute Gasteiger partial charge is 0.370 e. The van der Waals surface area contributed by atoms with Gasteiger partial charge in [0, 0.05) is 24.8 Å². The predicted octanol–water partition coefficient (Wildman–Crippen LogP) is 2.54. The van der Waals surface area contributed by atoms with Crippen LogP contribution in [0.1, 0.15) is 17.5 Å². The molecule has 2 saturated heterocycles. The Hall–Kier alpha value is -1.79. The van der Waals surface area contributed by atoms with Crippen molar-refractivity contribution in [3.8, 4) is 0 Å². The Morgan fingerprint density at radius 2 is 2.17 bits per heavy atom. The summed E-state index contributed by atoms with van der Waals surface area (Å²) >= 11 is 0.980. The van der Waals surface area contributed by atoms with E-state index in [9.17, 15) is 9.59 Å². The molecule has 2 heterocycles. The van der Waals surface area contributed by atoms with Crippen LogP contribution in [0.15, 0.2) is 29.2 Å². The Morgan fingerprint density at radius 1 is 1.38 bits per heavy atom. The quantitative estimate of drug-likeness (QED) is 0.850. The fourth-order valence-electron chi connectivity index (χ4n) is 3.19. The molecular weight excluding hydrogens is 322 g/mol. The van der Waals surface area contributed by atoms with Gasteiger partial charge in [0.15, 0.2) is 0 Å². The van der Waals surface area contributed by atoms with E-state index in [1.54, 1.807) is 0 Å². The molecule has 1 aromatic rings. The number of anilines is 1. The first-order chi connectivity index (χ1) is 11.4. The number of rotatable bonds is 4. The van der Waals surface area contributed by atoms with Crippen LogP contribution >= 0.6 is 11.8 Å². The zero-order chi connectivity index (χ0) is 17.3. The molecule has 2 amide bonds. The van der Waals surface area contributed by atoms with E-state index in [1.807, 2.05) is 6.08 Å². The van der Waals surface area contributed by atoms with Gasteiger partial charge in [-0.05, 0) is 62.8 Å². The third kappa shape index (κ3) is 3.65. The first-order valence-corrected chi connectivity index (χ1v) is 9.00. The first kappa shape index (κ1) is 17.0. The van der Waals surface area contributed by atoms with Crippen molar-refractivity contribution in [1.29, 1.82) is 0 Å². The van der Waals surface area contributed by atoms with Crippen LogP contribution in [-0.2, 0) is 11.2 Å². The molecule has 0 radical (unpaired) electrons. The van der Waals surface area contributed by atoms with Gasteiger partial charge in [0.1, 0.15) is 0 Å². The molecule has 1 aromatic carbocycles. The van der Waals surface area contributed by atoms with Crippen molar-refractivity contribution in [2.24, 2.45) is 0 Å². The van der Waals surface area contributed by atoms with Crippen molar-refractivity contribution in [2.45, 2.75) is 25.8 Å². The molecule has 0 spiro atoms. The van der Waals surface area contributed by atoms with Crippen molar-refractivity contribution in [3.05, 3.63) is 40.3 Å². The molecule has 6 heteroatoms. The first-order valence-electron chi connectivity index (χ1n) is 8.18. The Bertz CT molecular complexity index is 700. The molecule has 0 unspecified atom stereocenters. The van der Waals surface area contributed by atoms with Gasteiger partial charge in [0.05, 0.1) is 4.91 Å². The van der Waals surface area contributed by atoms with E-state index in [-0.39, 0.29) is 11.1 Å². The van der Waals surface area contributed by atoms with Crippen LogP contribution in [0.5, 0.6) is 0 Å². The van der Waals surface area contributed by atoms with Crippen LogP contribution in [0.25, 0.3) is 0 Å². The topological polar surface area (TPSA) is 52.7 Å². The van der Waals surface area contributed by atoms with Crippen LogP contribution < -0.4 is 10.2 Å². The fourth-order valence-corrected chi connectivity index (χ4v) is 3.84. The van der Waals surface area contributed by atoms with Gasteiger partial charge < -0.3 is 9.80 Å². The van der Waals surface area contributed by atoms with Gasteiger partial charge in [-0.25, -0.2) is 0 Å². The number of imide groups is 1. The van der Waals surface area contributed by atoms with E-state index in [2.05, 4.69) is 54.3 Å². The molecule has 1 N–H and O–H groups in total. The molecule has 128 valence electrons. The molecule has 0 aliphatic carbocycles. The van der Waals surface area contributed by atoms with Gasteiger partial charge in [0.2, 0.25) is 0 Å². The van der Waals surface area contributed by atoms with E-state index in [1.165, 1.54) is 16.8 Å². The number of thioether (sulfide) groups is 1. The lowest BCUT2D eigenvalue weighted by Crippen LogP contribution is -2.31. The normalized spacial score (nSPS) is 22.8. The summed E-state index contributed by atoms with van der Waals surface area (Å²) in [7, 11) is 4.26. The van der Waals surface area contributed by atoms with Crippen LogP contribution in [-0.4, -0.2) is 49.3 Å². The summed E-state index contributed by atoms with van der Waals surface area (Å²) in [6.45, 7) is 4.17. The number of carbonyl (C=O) groups excluding carboxylic acids is 2. The number of allylic oxidation sites excluding steroid dienone is 1. The molecule has 1 atom stereocenters. The van der Waals surface area contributed by atoms with E-state index in [0.29, 0.717) is 17.4 Å². The molecular formula is C18H23N3O2S. The second kappa shape index (κ2) is 6.99. The van der Waals surface area contributed by atoms with Crippen molar-refractivity contribution in [2.75, 3.05) is 32.1 Å². The second-order valence-corrected chi connectivity index (χ2v) is 7.62. The molecule has 0 aromatic heterocycles. The highest BCUT2D eigenvalue weighted by Gasteiger charge is 2.27. The third-order valence-corrected chi connectivity index (χ3v) is 5.48. The van der Waals surface area contributed by atoms with Gasteiger partial charge in [-0.1, -0.05) is 18.2 Å². The van der Waals surface area contributed by atoms with Gasteiger partial charge in [0.25, 0.3) is 11.1 Å². The van der Waals surface area contributed by atoms with Crippen molar-refractivity contribution in [1.82, 2.24) is 10.2 Å². The molecule has 3 rings (SSSR count). The summed E-state index contributed by atoms with van der Waals surface area (Å²) in [6.07, 6.45) is 3.68. The standard InChI is InChI=1S/C18H23N3O2S/c1-12-4-5-13(6-7-16-17(22)19-18(23)24-16)15(10-12)21-9-8-14(11-21)20(2)3/h4-5,7,10,14H,6,8-9,11H2,1-3H3,(H,19,22,23)/b16-7-/t14-/m0/s1. The number of carbonyl (C=O) groups is 2. The highest BCUT2D eigenvalue weighted by Crippen LogP contribution is 2.29. The highest BCUT2D eigenvalue weighted by molar-refractivity contribution is 8.18. The van der Waals surface area contributed by atoms with Gasteiger partial charge >= 0.3 is 0 Å². The van der Waals surface area contributed by atoms with Crippen LogP contribution in [0.4, 0.5) is 10.5 Å². The van der Waals surface area contributed by atoms with Crippen LogP contribution in [0.2, 0.25) is 0 Å². The van der Waals surface area contributed by atoms with E-state index < -0.39 is 0 Å². The number of hydrogen-bond donors (Lipinski definition) is 1. The highest BCUT2D eigenvalue weighted by atomic mass is 32.2. The zero-order valence-corrected chi connectivity index (χ0v) is 15.2. The SMILES string of the molecule is Cc1ccc(C/C=C2\SC(=O)NC2=O)c(N2CC[C@H](N(C)C)C2)c1. The number of benzene rings is 1. The summed E-state index contributed by atoms with van der Waals surface area (Å²) in [5, 5.41) is 2.01. The lowest BCUT2D eigenvalue weighted by Gasteiger charge is -2.24. The zero-order valence-electron chi connectivity index (χ0n) is 14.3. The molecule has 24 heavy (non-hydrogen) atoms. The summed E-state index contributed by atoms with van der Waals surface area (Å²) in [6, 6.07) is 7.03. The van der Waals surface area contributed by atoms with E-state index in [4.69, 9.17) is 0 Å². The van der Waals surface area contributed by atoms with Crippen molar-refractivity contribution in [3.63, 3.8) is 0 Å². The minimum absolute atomic E-state index is 0.285. The Morgan fingerprint density at radius 3 is 2.79 bits per heavy atom. The minimum atomic E-state index is -0.288. The smallest absolute Gasteiger partial charge is 0.290 e. The van der Waals surface area contributed by atoms with E-state index in [0.717, 1.165) is 31.3 Å². The number of nitrogens with zero attached hydrogens (tertiary/aromatic N) is 2. The van der Waals surface area contributed by atoms with Crippen LogP contribution in [0.3, 0.4) is 0 Å². The summed E-state index contributed by atoms with van der Waals surface area (Å²) in [5.74, 6) is -0.285. The molecule has 0 saturated carbocycles. The van der Waals surface area contributed by atoms with Gasteiger partial charge in [-0.3, -0.25) is 14.9 Å². The summed E-state index contributed by atoms with van der Waals surface area (Å²) in [4.78, 5) is 28.2. The lowest BCUT2D eigenvalue weighted by molar-refractivity contribution is -0.115. The lowest BCUT2D eigenvalue weighted by atomic mass is 10.1. The summed E-state index contributed by atoms with van der Waals surface area (Å²) in [5.41, 5.74) is 3.67. The monoisotopic (exact) mass is 345 g/mol. The number of likely N-dealkylation sites (N-methyl/N-ethyl adjacent to an activating group) is 1. The number of hydrogen-bond acceptors (Lipinski definition) is 5. The van der Waals surface area contributed by atoms with Crippen molar-refractivity contribution >= 4 is 28.6 Å². The van der Waals surface area contributed by atoms with Crippen LogP contribution in [0, 0.1) is 6.92 Å². The number of amides is 2.